The highest BCUT2D eigenvalue weighted by Crippen LogP contribution is 2.07. The number of carbonyl (C=O) groups excluding carboxylic acids is 1. The predicted octanol–water partition coefficient (Wildman–Crippen LogP) is 3.05. The summed E-state index contributed by atoms with van der Waals surface area (Å²) in [7, 11) is 0. The first-order chi connectivity index (χ1) is 8.11. The van der Waals surface area contributed by atoms with Crippen LogP contribution < -0.4 is 5.32 Å². The molecule has 1 aromatic carbocycles. The molecule has 1 rings (SSSR count). The fraction of sp³-hybridized carbons (Fsp3) is 0.357. The third-order valence-corrected chi connectivity index (χ3v) is 2.68. The zero-order chi connectivity index (χ0) is 12.7. The smallest absolute Gasteiger partial charge is 0.220 e. The van der Waals surface area contributed by atoms with Gasteiger partial charge in [-0.05, 0) is 24.0 Å². The molecule has 1 amide bonds. The minimum atomic E-state index is 0.00590. The average molecular weight is 252 g/mol. The number of hydrogen-bond donors (Lipinski definition) is 1. The first-order valence-electron chi connectivity index (χ1n) is 5.79. The highest BCUT2D eigenvalue weighted by atomic mass is 35.5. The quantitative estimate of drug-likeness (QED) is 0.827. The molecule has 92 valence electrons. The number of nitrogens with one attached hydrogen (secondary N) is 1. The molecule has 0 heterocycles. The topological polar surface area (TPSA) is 29.1 Å². The number of rotatable bonds is 6. The molecule has 0 aromatic heterocycles. The molecule has 0 fully saturated rings. The molecular weight excluding hydrogens is 234 g/mol. The van der Waals surface area contributed by atoms with E-state index in [1.54, 1.807) is 0 Å². The number of halogens is 1. The second kappa shape index (κ2) is 7.13. The van der Waals surface area contributed by atoms with Gasteiger partial charge in [-0.2, -0.15) is 0 Å². The molecular formula is C14H18ClNO. The van der Waals surface area contributed by atoms with Gasteiger partial charge in [0.05, 0.1) is 6.54 Å². The van der Waals surface area contributed by atoms with Crippen molar-refractivity contribution in [3.8, 4) is 0 Å². The van der Waals surface area contributed by atoms with E-state index in [4.69, 9.17) is 11.6 Å². The van der Waals surface area contributed by atoms with Crippen LogP contribution in [0.4, 0.5) is 0 Å². The second-order valence-corrected chi connectivity index (χ2v) is 4.50. The minimum Gasteiger partial charge on any atom is -0.351 e. The van der Waals surface area contributed by atoms with E-state index in [0.29, 0.717) is 18.0 Å². The first-order valence-corrected chi connectivity index (χ1v) is 6.17. The summed E-state index contributed by atoms with van der Waals surface area (Å²) in [6.45, 7) is 5.98. The lowest BCUT2D eigenvalue weighted by Gasteiger charge is -2.04. The summed E-state index contributed by atoms with van der Waals surface area (Å²) in [5, 5.41) is 3.15. The van der Waals surface area contributed by atoms with Gasteiger partial charge in [-0.15, -0.1) is 0 Å². The SMILES string of the molecule is C=C(Cl)CNC(=O)CCc1ccc(CC)cc1. The summed E-state index contributed by atoms with van der Waals surface area (Å²) in [5.74, 6) is 0.00590. The molecule has 1 N–H and O–H groups in total. The first kappa shape index (κ1) is 13.8. The Bertz CT molecular complexity index is 384. The molecule has 0 aliphatic rings. The average Bonchev–Trinajstić information content (AvgIpc) is 2.34. The van der Waals surface area contributed by atoms with Crippen LogP contribution in [0.15, 0.2) is 35.9 Å². The Morgan fingerprint density at radius 2 is 1.88 bits per heavy atom. The number of benzene rings is 1. The lowest BCUT2D eigenvalue weighted by atomic mass is 10.1. The highest BCUT2D eigenvalue weighted by molar-refractivity contribution is 6.29. The van der Waals surface area contributed by atoms with E-state index in [-0.39, 0.29) is 5.91 Å². The zero-order valence-corrected chi connectivity index (χ0v) is 10.9. The predicted molar refractivity (Wildman–Crippen MR) is 72.1 cm³/mol. The van der Waals surface area contributed by atoms with Crippen molar-refractivity contribution in [1.29, 1.82) is 0 Å². The van der Waals surface area contributed by atoms with Crippen LogP contribution in [0.1, 0.15) is 24.5 Å². The van der Waals surface area contributed by atoms with Gasteiger partial charge in [-0.3, -0.25) is 4.79 Å². The molecule has 0 radical (unpaired) electrons. The molecule has 1 aromatic rings. The Hall–Kier alpha value is -1.28. The Balaban J connectivity index is 2.34. The molecule has 0 atom stereocenters. The van der Waals surface area contributed by atoms with E-state index < -0.39 is 0 Å². The van der Waals surface area contributed by atoms with Crippen molar-refractivity contribution in [3.05, 3.63) is 47.0 Å². The van der Waals surface area contributed by atoms with Gasteiger partial charge in [0.25, 0.3) is 0 Å². The normalized spacial score (nSPS) is 10.0. The van der Waals surface area contributed by atoms with Crippen LogP contribution in [-0.2, 0) is 17.6 Å². The summed E-state index contributed by atoms with van der Waals surface area (Å²) < 4.78 is 0. The molecule has 3 heteroatoms. The molecule has 0 bridgehead atoms. The third-order valence-electron chi connectivity index (χ3n) is 2.55. The monoisotopic (exact) mass is 251 g/mol. The minimum absolute atomic E-state index is 0.00590. The maximum Gasteiger partial charge on any atom is 0.220 e. The van der Waals surface area contributed by atoms with E-state index in [1.807, 2.05) is 0 Å². The van der Waals surface area contributed by atoms with Gasteiger partial charge in [0, 0.05) is 11.5 Å². The summed E-state index contributed by atoms with van der Waals surface area (Å²) in [5.41, 5.74) is 2.50. The van der Waals surface area contributed by atoms with Gasteiger partial charge in [0.2, 0.25) is 5.91 Å². The Morgan fingerprint density at radius 1 is 1.29 bits per heavy atom. The molecule has 0 unspecified atom stereocenters. The van der Waals surface area contributed by atoms with E-state index in [1.165, 1.54) is 11.1 Å². The van der Waals surface area contributed by atoms with Crippen LogP contribution in [0.5, 0.6) is 0 Å². The highest BCUT2D eigenvalue weighted by Gasteiger charge is 2.02. The van der Waals surface area contributed by atoms with Gasteiger partial charge in [0.1, 0.15) is 0 Å². The molecule has 0 spiro atoms. The Labute approximate surface area is 108 Å². The van der Waals surface area contributed by atoms with Crippen molar-refractivity contribution in [3.63, 3.8) is 0 Å². The molecule has 17 heavy (non-hydrogen) atoms. The van der Waals surface area contributed by atoms with Crippen LogP contribution in [0.2, 0.25) is 0 Å². The standard InChI is InChI=1S/C14H18ClNO/c1-3-12-4-6-13(7-5-12)8-9-14(17)16-10-11(2)15/h4-7H,2-3,8-10H2,1H3,(H,16,17). The fourth-order valence-corrected chi connectivity index (χ4v) is 1.55. The lowest BCUT2D eigenvalue weighted by Crippen LogP contribution is -2.24. The third kappa shape index (κ3) is 5.55. The van der Waals surface area contributed by atoms with Crippen molar-refractivity contribution in [1.82, 2.24) is 5.32 Å². The van der Waals surface area contributed by atoms with E-state index in [2.05, 4.69) is 43.1 Å². The summed E-state index contributed by atoms with van der Waals surface area (Å²) >= 11 is 5.56. The van der Waals surface area contributed by atoms with Gasteiger partial charge in [-0.1, -0.05) is 49.4 Å². The summed E-state index contributed by atoms with van der Waals surface area (Å²) in [6.07, 6.45) is 2.28. The van der Waals surface area contributed by atoms with Crippen molar-refractivity contribution >= 4 is 17.5 Å². The van der Waals surface area contributed by atoms with Crippen LogP contribution >= 0.6 is 11.6 Å². The van der Waals surface area contributed by atoms with E-state index in [0.717, 1.165) is 12.8 Å². The van der Waals surface area contributed by atoms with Gasteiger partial charge >= 0.3 is 0 Å². The van der Waals surface area contributed by atoms with Gasteiger partial charge in [-0.25, -0.2) is 0 Å². The van der Waals surface area contributed by atoms with Gasteiger partial charge < -0.3 is 5.32 Å². The number of carbonyl (C=O) groups is 1. The summed E-state index contributed by atoms with van der Waals surface area (Å²) in [6, 6.07) is 8.36. The van der Waals surface area contributed by atoms with Crippen molar-refractivity contribution in [2.45, 2.75) is 26.2 Å². The number of hydrogen-bond acceptors (Lipinski definition) is 1. The zero-order valence-electron chi connectivity index (χ0n) is 10.1. The Kier molecular flexibility index (Phi) is 5.78. The van der Waals surface area contributed by atoms with Crippen molar-refractivity contribution in [2.75, 3.05) is 6.54 Å². The van der Waals surface area contributed by atoms with E-state index in [9.17, 15) is 4.79 Å². The molecule has 0 saturated heterocycles. The maximum absolute atomic E-state index is 11.4. The Morgan fingerprint density at radius 3 is 2.41 bits per heavy atom. The number of amides is 1. The van der Waals surface area contributed by atoms with Crippen LogP contribution in [0.3, 0.4) is 0 Å². The van der Waals surface area contributed by atoms with E-state index >= 15 is 0 Å². The van der Waals surface area contributed by atoms with Crippen LogP contribution in [-0.4, -0.2) is 12.5 Å². The molecule has 0 aliphatic heterocycles. The molecule has 2 nitrogen and oxygen atoms in total. The van der Waals surface area contributed by atoms with Crippen LogP contribution in [0.25, 0.3) is 0 Å². The van der Waals surface area contributed by atoms with Crippen molar-refractivity contribution < 1.29 is 4.79 Å². The largest absolute Gasteiger partial charge is 0.351 e. The molecule has 0 saturated carbocycles. The van der Waals surface area contributed by atoms with Crippen molar-refractivity contribution in [2.24, 2.45) is 0 Å². The summed E-state index contributed by atoms with van der Waals surface area (Å²) in [4.78, 5) is 11.4. The second-order valence-electron chi connectivity index (χ2n) is 3.96. The molecule has 0 aliphatic carbocycles. The maximum atomic E-state index is 11.4. The lowest BCUT2D eigenvalue weighted by molar-refractivity contribution is -0.120. The van der Waals surface area contributed by atoms with Gasteiger partial charge in [0.15, 0.2) is 0 Å². The van der Waals surface area contributed by atoms with Crippen LogP contribution in [0, 0.1) is 0 Å². The fourth-order valence-electron chi connectivity index (χ4n) is 1.48. The number of aryl methyl sites for hydroxylation is 2.